The molecule has 3 nitrogen and oxygen atoms in total. The van der Waals surface area contributed by atoms with Crippen molar-refractivity contribution in [2.45, 2.75) is 42.2 Å². The van der Waals surface area contributed by atoms with Gasteiger partial charge in [-0.1, -0.05) is 111 Å². The van der Waals surface area contributed by atoms with Gasteiger partial charge in [0.05, 0.1) is 0 Å². The number of hydrogen-bond donors (Lipinski definition) is 0. The summed E-state index contributed by atoms with van der Waals surface area (Å²) in [7, 11) is 0. The van der Waals surface area contributed by atoms with E-state index in [0.29, 0.717) is 11.2 Å². The third-order valence-corrected chi connectivity index (χ3v) is 8.36. The molecule has 0 saturated heterocycles. The maximum absolute atomic E-state index is 5.10. The van der Waals surface area contributed by atoms with Gasteiger partial charge in [0.2, 0.25) is 0 Å². The highest BCUT2D eigenvalue weighted by atomic mass is 32.2. The van der Waals surface area contributed by atoms with E-state index in [0.717, 1.165) is 46.1 Å². The van der Waals surface area contributed by atoms with E-state index in [4.69, 9.17) is 15.0 Å². The standard InChI is InChI=1S/C31H27N3S/c1-3-20(2)29-32-30(25-16-8-7-14-22(25)21-12-5-4-6-13-21)34-31(33-29)26-18-11-17-24-23-15-9-10-19-27(23)35-28(24)26/h4-20,23,27H,3H2,1-2H3. The number of hydrogen-bond acceptors (Lipinski definition) is 4. The van der Waals surface area contributed by atoms with Crippen molar-refractivity contribution >= 4 is 11.8 Å². The lowest BCUT2D eigenvalue weighted by molar-refractivity contribution is 0.674. The molecule has 6 rings (SSSR count). The van der Waals surface area contributed by atoms with E-state index in [9.17, 15) is 0 Å². The van der Waals surface area contributed by atoms with E-state index < -0.39 is 0 Å². The molecule has 0 amide bonds. The zero-order valence-electron chi connectivity index (χ0n) is 19.9. The van der Waals surface area contributed by atoms with Gasteiger partial charge in [0.1, 0.15) is 5.82 Å². The minimum absolute atomic E-state index is 0.247. The Balaban J connectivity index is 1.53. The lowest BCUT2D eigenvalue weighted by Crippen LogP contribution is -2.07. The normalized spacial score (nSPS) is 18.8. The highest BCUT2D eigenvalue weighted by Crippen LogP contribution is 2.51. The lowest BCUT2D eigenvalue weighted by Gasteiger charge is -2.15. The van der Waals surface area contributed by atoms with Gasteiger partial charge in [0.15, 0.2) is 11.6 Å². The van der Waals surface area contributed by atoms with Crippen LogP contribution < -0.4 is 0 Å². The first-order chi connectivity index (χ1) is 17.2. The van der Waals surface area contributed by atoms with Crippen LogP contribution in [0, 0.1) is 0 Å². The molecule has 0 spiro atoms. The molecule has 172 valence electrons. The molecule has 0 saturated carbocycles. The van der Waals surface area contributed by atoms with Crippen LogP contribution in [0.1, 0.15) is 43.5 Å². The van der Waals surface area contributed by atoms with E-state index in [1.165, 1.54) is 10.5 Å². The summed E-state index contributed by atoms with van der Waals surface area (Å²) in [4.78, 5) is 16.4. The molecule has 0 bridgehead atoms. The Morgan fingerprint density at radius 3 is 2.23 bits per heavy atom. The van der Waals surface area contributed by atoms with Crippen molar-refractivity contribution < 1.29 is 0 Å². The molecule has 4 aromatic rings. The molecule has 2 aliphatic rings. The Morgan fingerprint density at radius 1 is 0.743 bits per heavy atom. The smallest absolute Gasteiger partial charge is 0.164 e. The first kappa shape index (κ1) is 22.0. The fraction of sp³-hybridized carbons (Fsp3) is 0.194. The van der Waals surface area contributed by atoms with Gasteiger partial charge in [-0.15, -0.1) is 11.8 Å². The summed E-state index contributed by atoms with van der Waals surface area (Å²) in [5.41, 5.74) is 5.80. The zero-order chi connectivity index (χ0) is 23.8. The number of allylic oxidation sites excluding steroid dienone is 3. The van der Waals surface area contributed by atoms with E-state index in [-0.39, 0.29) is 5.92 Å². The summed E-state index contributed by atoms with van der Waals surface area (Å²) >= 11 is 1.92. The Labute approximate surface area is 211 Å². The number of rotatable bonds is 5. The van der Waals surface area contributed by atoms with Crippen molar-refractivity contribution in [2.24, 2.45) is 0 Å². The Kier molecular flexibility index (Phi) is 5.83. The van der Waals surface area contributed by atoms with Crippen molar-refractivity contribution in [2.75, 3.05) is 0 Å². The third kappa shape index (κ3) is 4.02. The molecule has 35 heavy (non-hydrogen) atoms. The van der Waals surface area contributed by atoms with Gasteiger partial charge in [0.25, 0.3) is 0 Å². The van der Waals surface area contributed by atoms with Gasteiger partial charge >= 0.3 is 0 Å². The second-order valence-corrected chi connectivity index (χ2v) is 10.4. The van der Waals surface area contributed by atoms with Crippen molar-refractivity contribution in [3.63, 3.8) is 0 Å². The monoisotopic (exact) mass is 473 g/mol. The molecule has 3 atom stereocenters. The fourth-order valence-electron chi connectivity index (χ4n) is 4.82. The van der Waals surface area contributed by atoms with Crippen LogP contribution in [-0.4, -0.2) is 20.2 Å². The summed E-state index contributed by atoms with van der Waals surface area (Å²) < 4.78 is 0. The van der Waals surface area contributed by atoms with Gasteiger partial charge in [0, 0.05) is 33.1 Å². The summed E-state index contributed by atoms with van der Waals surface area (Å²) in [5.74, 6) is 3.02. The molecule has 0 radical (unpaired) electrons. The highest BCUT2D eigenvalue weighted by Gasteiger charge is 2.33. The fourth-order valence-corrected chi connectivity index (χ4v) is 6.28. The van der Waals surface area contributed by atoms with E-state index in [2.05, 4.69) is 105 Å². The molecular weight excluding hydrogens is 446 g/mol. The maximum atomic E-state index is 5.10. The SMILES string of the molecule is CCC(C)c1nc(-c2ccccc2-c2ccccc2)nc(-c2cccc3c2SC2C=CC=CC32)n1. The van der Waals surface area contributed by atoms with E-state index >= 15 is 0 Å². The van der Waals surface area contributed by atoms with Gasteiger partial charge in [-0.05, 0) is 23.1 Å². The van der Waals surface area contributed by atoms with Crippen LogP contribution in [0.15, 0.2) is 102 Å². The zero-order valence-corrected chi connectivity index (χ0v) is 20.7. The van der Waals surface area contributed by atoms with Gasteiger partial charge in [-0.25, -0.2) is 15.0 Å². The number of fused-ring (bicyclic) bond motifs is 3. The molecule has 1 aliphatic heterocycles. The molecule has 0 N–H and O–H groups in total. The van der Waals surface area contributed by atoms with Crippen LogP contribution in [0.3, 0.4) is 0 Å². The molecule has 1 aromatic heterocycles. The molecular formula is C31H27N3S. The Hall–Kier alpha value is -3.50. The topological polar surface area (TPSA) is 38.7 Å². The minimum Gasteiger partial charge on any atom is -0.213 e. The largest absolute Gasteiger partial charge is 0.213 e. The molecule has 4 heteroatoms. The van der Waals surface area contributed by atoms with E-state index in [1.807, 2.05) is 17.8 Å². The number of nitrogens with zero attached hydrogens (tertiary/aromatic N) is 3. The van der Waals surface area contributed by atoms with Crippen LogP contribution >= 0.6 is 11.8 Å². The highest BCUT2D eigenvalue weighted by molar-refractivity contribution is 8.00. The summed E-state index contributed by atoms with van der Waals surface area (Å²) in [6.45, 7) is 4.38. The molecule has 3 unspecified atom stereocenters. The number of thioether (sulfide) groups is 1. The summed E-state index contributed by atoms with van der Waals surface area (Å²) in [5, 5.41) is 0.435. The molecule has 1 aliphatic carbocycles. The predicted molar refractivity (Wildman–Crippen MR) is 146 cm³/mol. The van der Waals surface area contributed by atoms with Crippen LogP contribution in [0.2, 0.25) is 0 Å². The van der Waals surface area contributed by atoms with Crippen molar-refractivity contribution in [1.29, 1.82) is 0 Å². The van der Waals surface area contributed by atoms with Crippen molar-refractivity contribution in [1.82, 2.24) is 15.0 Å². The van der Waals surface area contributed by atoms with Crippen LogP contribution in [0.5, 0.6) is 0 Å². The predicted octanol–water partition coefficient (Wildman–Crippen LogP) is 8.07. The Morgan fingerprint density at radius 2 is 1.43 bits per heavy atom. The first-order valence-corrected chi connectivity index (χ1v) is 13.2. The number of benzene rings is 3. The number of aromatic nitrogens is 3. The van der Waals surface area contributed by atoms with Crippen LogP contribution in [0.25, 0.3) is 33.9 Å². The average Bonchev–Trinajstić information content (AvgIpc) is 3.32. The van der Waals surface area contributed by atoms with Crippen molar-refractivity contribution in [3.05, 3.63) is 108 Å². The van der Waals surface area contributed by atoms with Crippen LogP contribution in [0.4, 0.5) is 0 Å². The molecule has 0 fully saturated rings. The second kappa shape index (κ2) is 9.27. The summed E-state index contributed by atoms with van der Waals surface area (Å²) in [6.07, 6.45) is 9.91. The maximum Gasteiger partial charge on any atom is 0.164 e. The third-order valence-electron chi connectivity index (χ3n) is 6.94. The lowest BCUT2D eigenvalue weighted by atomic mass is 9.91. The van der Waals surface area contributed by atoms with Gasteiger partial charge in [-0.3, -0.25) is 0 Å². The molecule has 2 heterocycles. The minimum atomic E-state index is 0.247. The molecule has 3 aromatic carbocycles. The van der Waals surface area contributed by atoms with Crippen LogP contribution in [-0.2, 0) is 0 Å². The van der Waals surface area contributed by atoms with Gasteiger partial charge < -0.3 is 0 Å². The quantitative estimate of drug-likeness (QED) is 0.294. The van der Waals surface area contributed by atoms with Crippen molar-refractivity contribution in [3.8, 4) is 33.9 Å². The van der Waals surface area contributed by atoms with E-state index in [1.54, 1.807) is 0 Å². The first-order valence-electron chi connectivity index (χ1n) is 12.3. The van der Waals surface area contributed by atoms with Gasteiger partial charge in [-0.2, -0.15) is 0 Å². The average molecular weight is 474 g/mol. The summed E-state index contributed by atoms with van der Waals surface area (Å²) in [6, 6.07) is 25.4. The Bertz CT molecular complexity index is 1440. The second-order valence-electron chi connectivity index (χ2n) is 9.16.